The number of benzene rings is 1. The summed E-state index contributed by atoms with van der Waals surface area (Å²) in [6.07, 6.45) is 1.83. The van der Waals surface area contributed by atoms with Crippen molar-refractivity contribution >= 4 is 17.5 Å². The highest BCUT2D eigenvalue weighted by Crippen LogP contribution is 2.61. The Kier molecular flexibility index (Phi) is 6.42. The number of aliphatic imine (C=N–C) groups is 1. The fourth-order valence-electron chi connectivity index (χ4n) is 7.55. The minimum Gasteiger partial charge on any atom is -0.481 e. The van der Waals surface area contributed by atoms with Gasteiger partial charge in [0.05, 0.1) is 22.6 Å². The molecule has 6 rings (SSSR count). The molecule has 1 saturated heterocycles. The average molecular weight is 518 g/mol. The van der Waals surface area contributed by atoms with E-state index in [9.17, 15) is 28.3 Å². The number of amidine groups is 1. The van der Waals surface area contributed by atoms with Gasteiger partial charge in [-0.3, -0.25) is 20.0 Å². The lowest BCUT2D eigenvalue weighted by atomic mass is 9.48. The molecule has 0 amide bonds. The van der Waals surface area contributed by atoms with Gasteiger partial charge in [-0.15, -0.1) is 0 Å². The zero-order chi connectivity index (χ0) is 26.6. The molecule has 4 aliphatic carbocycles. The number of halogens is 3. The van der Waals surface area contributed by atoms with Crippen LogP contribution in [0.15, 0.2) is 29.3 Å². The van der Waals surface area contributed by atoms with E-state index >= 15 is 0 Å². The topological polar surface area (TPSA) is 92.0 Å². The van der Waals surface area contributed by atoms with E-state index in [4.69, 9.17) is 4.99 Å². The summed E-state index contributed by atoms with van der Waals surface area (Å²) in [5, 5.41) is 22.3. The van der Waals surface area contributed by atoms with E-state index in [0.717, 1.165) is 37.1 Å². The highest BCUT2D eigenvalue weighted by atomic mass is 19.4. The largest absolute Gasteiger partial charge is 0.481 e. The van der Waals surface area contributed by atoms with Gasteiger partial charge in [-0.05, 0) is 88.0 Å². The van der Waals surface area contributed by atoms with Crippen molar-refractivity contribution in [1.82, 2.24) is 10.2 Å². The van der Waals surface area contributed by atoms with Gasteiger partial charge in [-0.1, -0.05) is 0 Å². The van der Waals surface area contributed by atoms with Crippen LogP contribution >= 0.6 is 0 Å². The van der Waals surface area contributed by atoms with Crippen molar-refractivity contribution in [2.75, 3.05) is 31.1 Å². The molecule has 5 fully saturated rings. The Hall–Kier alpha value is -2.80. The van der Waals surface area contributed by atoms with Crippen molar-refractivity contribution in [1.29, 1.82) is 5.26 Å². The third-order valence-electron chi connectivity index (χ3n) is 9.34. The summed E-state index contributed by atoms with van der Waals surface area (Å²) in [6, 6.07) is 5.29. The predicted molar refractivity (Wildman–Crippen MR) is 133 cm³/mol. The van der Waals surface area contributed by atoms with Crippen LogP contribution in [0.2, 0.25) is 0 Å². The number of hydrogen-bond acceptors (Lipinski definition) is 5. The monoisotopic (exact) mass is 517 g/mol. The summed E-state index contributed by atoms with van der Waals surface area (Å²) in [7, 11) is 0. The van der Waals surface area contributed by atoms with Gasteiger partial charge in [0.25, 0.3) is 0 Å². The molecule has 7 nitrogen and oxygen atoms in total. The number of rotatable bonds is 5. The molecule has 5 aliphatic rings. The molecule has 1 aromatic rings. The van der Waals surface area contributed by atoms with Crippen LogP contribution in [0.5, 0.6) is 0 Å². The number of hydrogen-bond donors (Lipinski definition) is 2. The maximum Gasteiger partial charge on any atom is 0.416 e. The number of carboxylic acids is 1. The van der Waals surface area contributed by atoms with Crippen molar-refractivity contribution in [3.8, 4) is 6.19 Å². The maximum atomic E-state index is 12.9. The molecule has 1 aliphatic heterocycles. The minimum atomic E-state index is -4.35. The van der Waals surface area contributed by atoms with Crippen molar-refractivity contribution in [3.63, 3.8) is 0 Å². The smallest absolute Gasteiger partial charge is 0.416 e. The SMILES string of the molecule is CC(C)(C(=NC1C2CC3CC1CC(C(=O)O)(C3)C2)NC#N)N1CCN(c2ccc(C(F)(F)F)cc2)CC1. The zero-order valence-corrected chi connectivity index (χ0v) is 21.3. The zero-order valence-electron chi connectivity index (χ0n) is 21.3. The second-order valence-corrected chi connectivity index (χ2v) is 11.8. The normalized spacial score (nSPS) is 32.3. The Morgan fingerprint density at radius 1 is 1.08 bits per heavy atom. The molecular weight excluding hydrogens is 483 g/mol. The van der Waals surface area contributed by atoms with E-state index < -0.39 is 28.7 Å². The Bertz CT molecular complexity index is 1090. The first-order valence-corrected chi connectivity index (χ1v) is 13.1. The van der Waals surface area contributed by atoms with Crippen molar-refractivity contribution in [2.24, 2.45) is 28.2 Å². The Morgan fingerprint density at radius 3 is 2.19 bits per heavy atom. The predicted octanol–water partition coefficient (Wildman–Crippen LogP) is 4.35. The van der Waals surface area contributed by atoms with Gasteiger partial charge in [-0.2, -0.15) is 18.4 Å². The molecule has 2 atom stereocenters. The molecular formula is C27H34F3N5O2. The standard InChI is InChI=1S/C27H34F3N5O2/c1-25(2,35-9-7-34(8-10-35)21-5-3-20(4-6-21)27(28,29)30)23(32-16-31)33-22-18-11-17-12-19(22)15-26(13-17,14-18)24(36)37/h3-6,17-19,22H,7-15H2,1-2H3,(H,32,33)(H,36,37). The molecule has 4 bridgehead atoms. The van der Waals surface area contributed by atoms with Crippen LogP contribution in [0.1, 0.15) is 51.5 Å². The van der Waals surface area contributed by atoms with Gasteiger partial charge in [0.2, 0.25) is 0 Å². The number of piperazine rings is 1. The minimum absolute atomic E-state index is 0.0209. The Labute approximate surface area is 215 Å². The van der Waals surface area contributed by atoms with Crippen LogP contribution in [-0.2, 0) is 11.0 Å². The summed E-state index contributed by atoms with van der Waals surface area (Å²) in [4.78, 5) is 21.6. The van der Waals surface area contributed by atoms with E-state index in [-0.39, 0.29) is 17.9 Å². The third-order valence-corrected chi connectivity index (χ3v) is 9.34. The molecule has 0 radical (unpaired) electrons. The number of nitrogens with zero attached hydrogens (tertiary/aromatic N) is 4. The van der Waals surface area contributed by atoms with Crippen LogP contribution < -0.4 is 10.2 Å². The van der Waals surface area contributed by atoms with Gasteiger partial charge in [-0.25, -0.2) is 0 Å². The van der Waals surface area contributed by atoms with E-state index in [0.29, 0.717) is 50.8 Å². The number of nitrogens with one attached hydrogen (secondary N) is 1. The van der Waals surface area contributed by atoms with Crippen molar-refractivity contribution in [2.45, 2.75) is 63.7 Å². The first-order chi connectivity index (χ1) is 17.4. The van der Waals surface area contributed by atoms with Crippen LogP contribution in [0.25, 0.3) is 0 Å². The number of alkyl halides is 3. The second-order valence-electron chi connectivity index (χ2n) is 11.8. The van der Waals surface area contributed by atoms with E-state index in [1.807, 2.05) is 13.8 Å². The van der Waals surface area contributed by atoms with Crippen LogP contribution in [0.4, 0.5) is 18.9 Å². The molecule has 2 N–H and O–H groups in total. The first-order valence-electron chi connectivity index (χ1n) is 13.1. The van der Waals surface area contributed by atoms with Gasteiger partial charge >= 0.3 is 12.1 Å². The third kappa shape index (κ3) is 4.67. The number of nitriles is 1. The quantitative estimate of drug-likeness (QED) is 0.261. The van der Waals surface area contributed by atoms with E-state index in [1.54, 1.807) is 0 Å². The average Bonchev–Trinajstić information content (AvgIpc) is 2.84. The number of carbonyl (C=O) groups is 1. The summed E-state index contributed by atoms with van der Waals surface area (Å²) in [5.74, 6) is 0.852. The molecule has 1 heterocycles. The van der Waals surface area contributed by atoms with Gasteiger partial charge in [0, 0.05) is 31.9 Å². The lowest BCUT2D eigenvalue weighted by Gasteiger charge is -2.57. The second kappa shape index (κ2) is 9.19. The summed E-state index contributed by atoms with van der Waals surface area (Å²) in [6.45, 7) is 6.71. The summed E-state index contributed by atoms with van der Waals surface area (Å²) in [5.41, 5.74) is -1.05. The Morgan fingerprint density at radius 2 is 1.68 bits per heavy atom. The van der Waals surface area contributed by atoms with Crippen molar-refractivity contribution in [3.05, 3.63) is 29.8 Å². The van der Waals surface area contributed by atoms with E-state index in [1.165, 1.54) is 12.1 Å². The van der Waals surface area contributed by atoms with Gasteiger partial charge in [0.15, 0.2) is 6.19 Å². The lowest BCUT2D eigenvalue weighted by Crippen LogP contribution is -2.61. The Balaban J connectivity index is 1.29. The summed E-state index contributed by atoms with van der Waals surface area (Å²) < 4.78 is 38.7. The highest BCUT2D eigenvalue weighted by molar-refractivity contribution is 5.92. The lowest BCUT2D eigenvalue weighted by molar-refractivity contribution is -0.166. The van der Waals surface area contributed by atoms with Crippen LogP contribution in [0.3, 0.4) is 0 Å². The van der Waals surface area contributed by atoms with Gasteiger partial charge in [0.1, 0.15) is 5.84 Å². The fourth-order valence-corrected chi connectivity index (χ4v) is 7.55. The molecule has 37 heavy (non-hydrogen) atoms. The molecule has 0 aromatic heterocycles. The van der Waals surface area contributed by atoms with E-state index in [2.05, 4.69) is 21.3 Å². The molecule has 2 unspecified atom stereocenters. The number of anilines is 1. The molecule has 200 valence electrons. The molecule has 1 aromatic carbocycles. The number of carboxylic acid groups (broad SMARTS) is 1. The molecule has 4 saturated carbocycles. The number of aliphatic carboxylic acids is 1. The fraction of sp³-hybridized carbons (Fsp3) is 0.667. The van der Waals surface area contributed by atoms with Crippen molar-refractivity contribution < 1.29 is 23.1 Å². The first kappa shape index (κ1) is 25.8. The molecule has 0 spiro atoms. The highest BCUT2D eigenvalue weighted by Gasteiger charge is 2.59. The van der Waals surface area contributed by atoms with Gasteiger partial charge < -0.3 is 10.0 Å². The van der Waals surface area contributed by atoms with Crippen LogP contribution in [0, 0.1) is 34.6 Å². The summed E-state index contributed by atoms with van der Waals surface area (Å²) >= 11 is 0. The van der Waals surface area contributed by atoms with Crippen LogP contribution in [-0.4, -0.2) is 59.6 Å². The molecule has 10 heteroatoms. The maximum absolute atomic E-state index is 12.9.